The lowest BCUT2D eigenvalue weighted by molar-refractivity contribution is 0.106. The molecule has 0 aromatic heterocycles. The number of rotatable bonds is 4. The molecule has 0 spiro atoms. The fourth-order valence-electron chi connectivity index (χ4n) is 3.19. The lowest BCUT2D eigenvalue weighted by Gasteiger charge is -2.40. The molecule has 1 aliphatic heterocycles. The Morgan fingerprint density at radius 2 is 2.21 bits per heavy atom. The topological polar surface area (TPSA) is 35.5 Å². The highest BCUT2D eigenvalue weighted by Crippen LogP contribution is 2.37. The minimum Gasteiger partial charge on any atom is -0.508 e. The quantitative estimate of drug-likeness (QED) is 0.872. The van der Waals surface area contributed by atoms with Gasteiger partial charge in [-0.05, 0) is 42.9 Å². The van der Waals surface area contributed by atoms with Gasteiger partial charge in [-0.2, -0.15) is 0 Å². The van der Waals surface area contributed by atoms with Crippen molar-refractivity contribution in [3.8, 4) is 5.75 Å². The summed E-state index contributed by atoms with van der Waals surface area (Å²) in [5.74, 6) is 1.27. The zero-order valence-electron chi connectivity index (χ0n) is 11.7. The summed E-state index contributed by atoms with van der Waals surface area (Å²) in [5, 5.41) is 13.3. The average Bonchev–Trinajstić information content (AvgIpc) is 3.23. The van der Waals surface area contributed by atoms with Gasteiger partial charge in [0, 0.05) is 31.7 Å². The number of phenolic OH excluding ortho intramolecular Hbond substituents is 1. The maximum absolute atomic E-state index is 9.60. The van der Waals surface area contributed by atoms with Crippen molar-refractivity contribution in [1.82, 2.24) is 10.2 Å². The molecule has 1 aromatic carbocycles. The number of benzene rings is 1. The Labute approximate surface area is 115 Å². The van der Waals surface area contributed by atoms with Crippen molar-refractivity contribution in [2.24, 2.45) is 5.92 Å². The van der Waals surface area contributed by atoms with Gasteiger partial charge in [0.25, 0.3) is 0 Å². The van der Waals surface area contributed by atoms with Crippen LogP contribution in [0.2, 0.25) is 0 Å². The van der Waals surface area contributed by atoms with Gasteiger partial charge in [-0.15, -0.1) is 0 Å². The summed E-state index contributed by atoms with van der Waals surface area (Å²) in [7, 11) is 0. The molecule has 2 aliphatic rings. The molecule has 0 bridgehead atoms. The van der Waals surface area contributed by atoms with Gasteiger partial charge < -0.3 is 10.4 Å². The van der Waals surface area contributed by atoms with E-state index < -0.39 is 0 Å². The van der Waals surface area contributed by atoms with Gasteiger partial charge >= 0.3 is 0 Å². The predicted octanol–water partition coefficient (Wildman–Crippen LogP) is 2.35. The van der Waals surface area contributed by atoms with Crippen molar-refractivity contribution < 1.29 is 5.11 Å². The van der Waals surface area contributed by atoms with Gasteiger partial charge in [0.05, 0.1) is 0 Å². The summed E-state index contributed by atoms with van der Waals surface area (Å²) in [5.41, 5.74) is 1.22. The molecule has 2 atom stereocenters. The van der Waals surface area contributed by atoms with Crippen LogP contribution in [0, 0.1) is 5.92 Å². The van der Waals surface area contributed by atoms with E-state index in [0.717, 1.165) is 25.6 Å². The fourth-order valence-corrected chi connectivity index (χ4v) is 3.19. The second-order valence-electron chi connectivity index (χ2n) is 6.02. The number of hydrogen-bond donors (Lipinski definition) is 2. The summed E-state index contributed by atoms with van der Waals surface area (Å²) in [6.45, 7) is 5.48. The van der Waals surface area contributed by atoms with Crippen LogP contribution in [0.15, 0.2) is 24.3 Å². The SMILES string of the molecule is CCC1CN(Cc2cccc(O)c2)C(C2CC2)CN1. The van der Waals surface area contributed by atoms with Gasteiger partial charge in [0.15, 0.2) is 0 Å². The van der Waals surface area contributed by atoms with Crippen molar-refractivity contribution in [2.75, 3.05) is 13.1 Å². The van der Waals surface area contributed by atoms with E-state index in [1.54, 1.807) is 6.07 Å². The summed E-state index contributed by atoms with van der Waals surface area (Å²) in [6.07, 6.45) is 3.97. The predicted molar refractivity (Wildman–Crippen MR) is 77.1 cm³/mol. The normalized spacial score (nSPS) is 28.5. The van der Waals surface area contributed by atoms with Crippen molar-refractivity contribution in [1.29, 1.82) is 0 Å². The number of aromatic hydroxyl groups is 1. The first-order chi connectivity index (χ1) is 9.26. The summed E-state index contributed by atoms with van der Waals surface area (Å²) in [4.78, 5) is 2.62. The molecule has 3 heteroatoms. The number of phenols is 1. The zero-order chi connectivity index (χ0) is 13.2. The molecule has 3 rings (SSSR count). The van der Waals surface area contributed by atoms with Crippen LogP contribution in [0.4, 0.5) is 0 Å². The van der Waals surface area contributed by atoms with Crippen molar-refractivity contribution in [3.63, 3.8) is 0 Å². The molecule has 1 aromatic rings. The third-order valence-corrected chi connectivity index (χ3v) is 4.49. The third kappa shape index (κ3) is 3.10. The van der Waals surface area contributed by atoms with E-state index >= 15 is 0 Å². The van der Waals surface area contributed by atoms with Crippen LogP contribution in [0.3, 0.4) is 0 Å². The maximum atomic E-state index is 9.60. The first-order valence-corrected chi connectivity index (χ1v) is 7.51. The number of piperazine rings is 1. The molecule has 2 N–H and O–H groups in total. The Bertz CT molecular complexity index is 431. The monoisotopic (exact) mass is 260 g/mol. The lowest BCUT2D eigenvalue weighted by atomic mass is 10.0. The first-order valence-electron chi connectivity index (χ1n) is 7.51. The van der Waals surface area contributed by atoms with Crippen LogP contribution in [0.25, 0.3) is 0 Å². The molecule has 1 heterocycles. The molecule has 0 radical (unpaired) electrons. The van der Waals surface area contributed by atoms with Gasteiger partial charge in [-0.3, -0.25) is 4.90 Å². The van der Waals surface area contributed by atoms with Crippen LogP contribution < -0.4 is 5.32 Å². The second kappa shape index (κ2) is 5.51. The minimum atomic E-state index is 0.377. The van der Waals surface area contributed by atoms with Crippen molar-refractivity contribution in [2.45, 2.75) is 44.8 Å². The molecule has 1 saturated heterocycles. The zero-order valence-corrected chi connectivity index (χ0v) is 11.7. The molecule has 104 valence electrons. The third-order valence-electron chi connectivity index (χ3n) is 4.49. The van der Waals surface area contributed by atoms with Crippen LogP contribution in [-0.4, -0.2) is 35.2 Å². The Balaban J connectivity index is 1.71. The largest absolute Gasteiger partial charge is 0.508 e. The van der Waals surface area contributed by atoms with Gasteiger partial charge in [-0.1, -0.05) is 19.1 Å². The Hall–Kier alpha value is -1.06. The van der Waals surface area contributed by atoms with Crippen LogP contribution >= 0.6 is 0 Å². The second-order valence-corrected chi connectivity index (χ2v) is 6.02. The number of nitrogens with one attached hydrogen (secondary N) is 1. The summed E-state index contributed by atoms with van der Waals surface area (Å²) < 4.78 is 0. The van der Waals surface area contributed by atoms with Gasteiger partial charge in [0.1, 0.15) is 5.75 Å². The number of hydrogen-bond acceptors (Lipinski definition) is 3. The van der Waals surface area contributed by atoms with E-state index in [4.69, 9.17) is 0 Å². The van der Waals surface area contributed by atoms with E-state index in [-0.39, 0.29) is 0 Å². The molecule has 19 heavy (non-hydrogen) atoms. The van der Waals surface area contributed by atoms with E-state index in [9.17, 15) is 5.11 Å². The Kier molecular flexibility index (Phi) is 3.76. The Morgan fingerprint density at radius 3 is 2.89 bits per heavy atom. The van der Waals surface area contributed by atoms with Crippen molar-refractivity contribution >= 4 is 0 Å². The molecule has 1 saturated carbocycles. The summed E-state index contributed by atoms with van der Waals surface area (Å²) >= 11 is 0. The Morgan fingerprint density at radius 1 is 1.37 bits per heavy atom. The average molecular weight is 260 g/mol. The summed E-state index contributed by atoms with van der Waals surface area (Å²) in [6, 6.07) is 9.00. The van der Waals surface area contributed by atoms with E-state index in [0.29, 0.717) is 17.8 Å². The molecular formula is C16H24N2O. The van der Waals surface area contributed by atoms with E-state index in [2.05, 4.69) is 23.2 Å². The maximum Gasteiger partial charge on any atom is 0.115 e. The highest BCUT2D eigenvalue weighted by Gasteiger charge is 2.38. The van der Waals surface area contributed by atoms with E-state index in [1.165, 1.54) is 24.8 Å². The molecule has 2 fully saturated rings. The van der Waals surface area contributed by atoms with Gasteiger partial charge in [-0.25, -0.2) is 0 Å². The molecule has 1 aliphatic carbocycles. The molecular weight excluding hydrogens is 236 g/mol. The standard InChI is InChI=1S/C16H24N2O/c1-2-14-11-18(16(9-17-14)13-6-7-13)10-12-4-3-5-15(19)8-12/h3-5,8,13-14,16-17,19H,2,6-7,9-11H2,1H3. The molecule has 0 amide bonds. The fraction of sp³-hybridized carbons (Fsp3) is 0.625. The minimum absolute atomic E-state index is 0.377. The van der Waals surface area contributed by atoms with Gasteiger partial charge in [0.2, 0.25) is 0 Å². The van der Waals surface area contributed by atoms with E-state index in [1.807, 2.05) is 12.1 Å². The highest BCUT2D eigenvalue weighted by molar-refractivity contribution is 5.27. The first kappa shape index (κ1) is 12.9. The lowest BCUT2D eigenvalue weighted by Crippen LogP contribution is -2.56. The van der Waals surface area contributed by atoms with Crippen LogP contribution in [0.1, 0.15) is 31.7 Å². The van der Waals surface area contributed by atoms with Crippen molar-refractivity contribution in [3.05, 3.63) is 29.8 Å². The highest BCUT2D eigenvalue weighted by atomic mass is 16.3. The number of nitrogens with zero attached hydrogens (tertiary/aromatic N) is 1. The van der Waals surface area contributed by atoms with Crippen LogP contribution in [0.5, 0.6) is 5.75 Å². The molecule has 3 nitrogen and oxygen atoms in total. The van der Waals surface area contributed by atoms with Crippen LogP contribution in [-0.2, 0) is 6.54 Å². The molecule has 2 unspecified atom stereocenters. The smallest absolute Gasteiger partial charge is 0.115 e.